The lowest BCUT2D eigenvalue weighted by Gasteiger charge is -2.32. The summed E-state index contributed by atoms with van der Waals surface area (Å²) in [7, 11) is 1.70. The second-order valence-corrected chi connectivity index (χ2v) is 4.78. The maximum absolute atomic E-state index is 5.58. The van der Waals surface area contributed by atoms with Crippen molar-refractivity contribution in [2.24, 2.45) is 5.73 Å². The molecule has 1 saturated heterocycles. The number of benzene rings is 1. The van der Waals surface area contributed by atoms with Gasteiger partial charge in [0, 0.05) is 44.0 Å². The Balaban J connectivity index is 0.00000180. The third-order valence-corrected chi connectivity index (χ3v) is 3.47. The van der Waals surface area contributed by atoms with Crippen molar-refractivity contribution >= 4 is 18.1 Å². The second-order valence-electron chi connectivity index (χ2n) is 4.78. The van der Waals surface area contributed by atoms with Crippen LogP contribution in [0.4, 0.5) is 5.69 Å². The number of nitrogens with two attached hydrogens (primary N) is 1. The Labute approximate surface area is 121 Å². The van der Waals surface area contributed by atoms with E-state index in [-0.39, 0.29) is 12.4 Å². The van der Waals surface area contributed by atoms with E-state index in [1.165, 1.54) is 12.8 Å². The number of halogens is 1. The zero-order valence-electron chi connectivity index (χ0n) is 11.5. The SMILES string of the molecule is COc1cccc(NC2CCN(CCN)CC2)c1.Cl. The van der Waals surface area contributed by atoms with Crippen LogP contribution in [-0.4, -0.2) is 44.2 Å². The minimum Gasteiger partial charge on any atom is -0.497 e. The van der Waals surface area contributed by atoms with E-state index < -0.39 is 0 Å². The normalized spacial score (nSPS) is 16.7. The Morgan fingerprint density at radius 2 is 2.11 bits per heavy atom. The molecule has 108 valence electrons. The topological polar surface area (TPSA) is 50.5 Å². The van der Waals surface area contributed by atoms with Gasteiger partial charge in [-0.2, -0.15) is 0 Å². The number of rotatable bonds is 5. The molecule has 0 amide bonds. The van der Waals surface area contributed by atoms with Gasteiger partial charge in [-0.15, -0.1) is 12.4 Å². The Morgan fingerprint density at radius 3 is 2.74 bits per heavy atom. The van der Waals surface area contributed by atoms with Crippen LogP contribution >= 0.6 is 12.4 Å². The molecule has 2 rings (SSSR count). The van der Waals surface area contributed by atoms with Gasteiger partial charge in [-0.25, -0.2) is 0 Å². The number of anilines is 1. The highest BCUT2D eigenvalue weighted by atomic mass is 35.5. The maximum atomic E-state index is 5.58. The molecule has 0 spiro atoms. The van der Waals surface area contributed by atoms with E-state index >= 15 is 0 Å². The van der Waals surface area contributed by atoms with Crippen LogP contribution in [0.1, 0.15) is 12.8 Å². The number of nitrogens with one attached hydrogen (secondary N) is 1. The zero-order valence-corrected chi connectivity index (χ0v) is 12.3. The van der Waals surface area contributed by atoms with Crippen molar-refractivity contribution in [3.63, 3.8) is 0 Å². The van der Waals surface area contributed by atoms with Gasteiger partial charge < -0.3 is 20.7 Å². The van der Waals surface area contributed by atoms with Gasteiger partial charge in [-0.05, 0) is 25.0 Å². The van der Waals surface area contributed by atoms with Crippen LogP contribution in [0.25, 0.3) is 0 Å². The highest BCUT2D eigenvalue weighted by molar-refractivity contribution is 5.85. The molecular formula is C14H24ClN3O. The summed E-state index contributed by atoms with van der Waals surface area (Å²) < 4.78 is 5.23. The Morgan fingerprint density at radius 1 is 1.37 bits per heavy atom. The molecule has 1 aromatic carbocycles. The van der Waals surface area contributed by atoms with Crippen molar-refractivity contribution in [3.05, 3.63) is 24.3 Å². The Bertz CT molecular complexity index is 367. The molecule has 4 nitrogen and oxygen atoms in total. The molecule has 1 aliphatic heterocycles. The first-order valence-electron chi connectivity index (χ1n) is 6.65. The molecule has 0 aromatic heterocycles. The lowest BCUT2D eigenvalue weighted by atomic mass is 10.0. The summed E-state index contributed by atoms with van der Waals surface area (Å²) in [5, 5.41) is 3.58. The lowest BCUT2D eigenvalue weighted by molar-refractivity contribution is 0.224. The molecule has 0 atom stereocenters. The highest BCUT2D eigenvalue weighted by Gasteiger charge is 2.18. The summed E-state index contributed by atoms with van der Waals surface area (Å²) in [6.45, 7) is 4.05. The molecule has 19 heavy (non-hydrogen) atoms. The van der Waals surface area contributed by atoms with Crippen LogP contribution in [0.15, 0.2) is 24.3 Å². The van der Waals surface area contributed by atoms with E-state index in [1.54, 1.807) is 7.11 Å². The quantitative estimate of drug-likeness (QED) is 0.868. The first-order valence-corrected chi connectivity index (χ1v) is 6.65. The number of nitrogens with zero attached hydrogens (tertiary/aromatic N) is 1. The molecule has 1 fully saturated rings. The molecule has 0 saturated carbocycles. The van der Waals surface area contributed by atoms with Crippen LogP contribution < -0.4 is 15.8 Å². The molecule has 0 bridgehead atoms. The van der Waals surface area contributed by atoms with E-state index in [0.717, 1.165) is 37.6 Å². The van der Waals surface area contributed by atoms with E-state index in [9.17, 15) is 0 Å². The fourth-order valence-electron chi connectivity index (χ4n) is 2.43. The van der Waals surface area contributed by atoms with E-state index in [4.69, 9.17) is 10.5 Å². The summed E-state index contributed by atoms with van der Waals surface area (Å²) in [6.07, 6.45) is 2.36. The molecule has 0 aliphatic carbocycles. The third-order valence-electron chi connectivity index (χ3n) is 3.47. The molecule has 5 heteroatoms. The first kappa shape index (κ1) is 16.1. The van der Waals surface area contributed by atoms with Crippen LogP contribution in [-0.2, 0) is 0 Å². The van der Waals surface area contributed by atoms with Crippen LogP contribution in [0, 0.1) is 0 Å². The molecule has 0 radical (unpaired) electrons. The average Bonchev–Trinajstić information content (AvgIpc) is 2.42. The van der Waals surface area contributed by atoms with Crippen LogP contribution in [0.3, 0.4) is 0 Å². The average molecular weight is 286 g/mol. The summed E-state index contributed by atoms with van der Waals surface area (Å²) in [6, 6.07) is 8.69. The van der Waals surface area contributed by atoms with Crippen molar-refractivity contribution in [2.45, 2.75) is 18.9 Å². The predicted octanol–water partition coefficient (Wildman–Crippen LogP) is 1.95. The van der Waals surface area contributed by atoms with Crippen molar-refractivity contribution in [1.29, 1.82) is 0 Å². The third kappa shape index (κ3) is 4.90. The van der Waals surface area contributed by atoms with Crippen molar-refractivity contribution in [2.75, 3.05) is 38.6 Å². The number of methoxy groups -OCH3 is 1. The van der Waals surface area contributed by atoms with E-state index in [2.05, 4.69) is 16.3 Å². The Kier molecular flexibility index (Phi) is 6.99. The summed E-state index contributed by atoms with van der Waals surface area (Å²) in [5.74, 6) is 0.903. The van der Waals surface area contributed by atoms with E-state index in [1.807, 2.05) is 18.2 Å². The smallest absolute Gasteiger partial charge is 0.120 e. The summed E-state index contributed by atoms with van der Waals surface area (Å²) in [5.41, 5.74) is 6.72. The van der Waals surface area contributed by atoms with Gasteiger partial charge in [0.15, 0.2) is 0 Å². The summed E-state index contributed by atoms with van der Waals surface area (Å²) in [4.78, 5) is 2.43. The van der Waals surface area contributed by atoms with Gasteiger partial charge in [-0.3, -0.25) is 0 Å². The molecule has 3 N–H and O–H groups in total. The van der Waals surface area contributed by atoms with Crippen molar-refractivity contribution in [1.82, 2.24) is 4.90 Å². The van der Waals surface area contributed by atoms with Crippen molar-refractivity contribution < 1.29 is 4.74 Å². The molecule has 1 heterocycles. The van der Waals surface area contributed by atoms with Gasteiger partial charge in [0.25, 0.3) is 0 Å². The first-order chi connectivity index (χ1) is 8.81. The fraction of sp³-hybridized carbons (Fsp3) is 0.571. The zero-order chi connectivity index (χ0) is 12.8. The molecule has 1 aromatic rings. The predicted molar refractivity (Wildman–Crippen MR) is 82.4 cm³/mol. The number of ether oxygens (including phenoxy) is 1. The van der Waals surface area contributed by atoms with Gasteiger partial charge in [-0.1, -0.05) is 6.07 Å². The molecular weight excluding hydrogens is 262 g/mol. The fourth-order valence-corrected chi connectivity index (χ4v) is 2.43. The second kappa shape index (κ2) is 8.25. The monoisotopic (exact) mass is 285 g/mol. The number of piperidine rings is 1. The van der Waals surface area contributed by atoms with Gasteiger partial charge in [0.05, 0.1) is 7.11 Å². The van der Waals surface area contributed by atoms with Crippen LogP contribution in [0.2, 0.25) is 0 Å². The van der Waals surface area contributed by atoms with Gasteiger partial charge in [0.1, 0.15) is 5.75 Å². The Hall–Kier alpha value is -0.970. The summed E-state index contributed by atoms with van der Waals surface area (Å²) >= 11 is 0. The van der Waals surface area contributed by atoms with E-state index in [0.29, 0.717) is 6.04 Å². The standard InChI is InChI=1S/C14H23N3O.ClH/c1-18-14-4-2-3-13(11-14)16-12-5-8-17(9-6-12)10-7-15;/h2-4,11-12,16H,5-10,15H2,1H3;1H. The minimum absolute atomic E-state index is 0. The lowest BCUT2D eigenvalue weighted by Crippen LogP contribution is -2.41. The maximum Gasteiger partial charge on any atom is 0.120 e. The van der Waals surface area contributed by atoms with Crippen molar-refractivity contribution in [3.8, 4) is 5.75 Å². The highest BCUT2D eigenvalue weighted by Crippen LogP contribution is 2.20. The van der Waals surface area contributed by atoms with Gasteiger partial charge in [0.2, 0.25) is 0 Å². The largest absolute Gasteiger partial charge is 0.497 e. The minimum atomic E-state index is 0. The molecule has 1 aliphatic rings. The van der Waals surface area contributed by atoms with Gasteiger partial charge >= 0.3 is 0 Å². The number of hydrogen-bond donors (Lipinski definition) is 2. The number of hydrogen-bond acceptors (Lipinski definition) is 4. The van der Waals surface area contributed by atoms with Crippen LogP contribution in [0.5, 0.6) is 5.75 Å². The molecule has 0 unspecified atom stereocenters. The number of likely N-dealkylation sites (tertiary alicyclic amines) is 1.